The van der Waals surface area contributed by atoms with E-state index in [0.717, 1.165) is 32.2 Å². The first-order valence-corrected chi connectivity index (χ1v) is 8.87. The quantitative estimate of drug-likeness (QED) is 0.795. The van der Waals surface area contributed by atoms with Crippen LogP contribution in [-0.4, -0.2) is 51.0 Å². The van der Waals surface area contributed by atoms with Crippen LogP contribution < -0.4 is 10.6 Å². The van der Waals surface area contributed by atoms with Crippen LogP contribution in [0.3, 0.4) is 0 Å². The smallest absolute Gasteiger partial charge is 0.237 e. The number of benzene rings is 1. The predicted molar refractivity (Wildman–Crippen MR) is 92.8 cm³/mol. The third-order valence-corrected chi connectivity index (χ3v) is 5.08. The number of carbonyl (C=O) groups is 1. The van der Waals surface area contributed by atoms with Crippen molar-refractivity contribution in [3.8, 4) is 0 Å². The first kappa shape index (κ1) is 17.4. The second-order valence-corrected chi connectivity index (χ2v) is 7.12. The van der Waals surface area contributed by atoms with E-state index in [0.29, 0.717) is 25.7 Å². The zero-order chi connectivity index (χ0) is 16.8. The molecule has 0 spiro atoms. The number of aryl methyl sites for hydroxylation is 1. The molecule has 0 bridgehead atoms. The number of amides is 1. The molecule has 3 rings (SSSR count). The van der Waals surface area contributed by atoms with Crippen LogP contribution in [0, 0.1) is 5.92 Å². The van der Waals surface area contributed by atoms with E-state index in [1.54, 1.807) is 7.11 Å². The standard InChI is InChI=1S/C19H28N2O3/c1-23-12-19(13-24-14-19)21-18(22)17-11-16(9-10-20-17)8-7-15-5-3-2-4-6-15/h2-6,16-17,20H,7-14H2,1H3,(H,21,22). The van der Waals surface area contributed by atoms with Crippen LogP contribution >= 0.6 is 0 Å². The summed E-state index contributed by atoms with van der Waals surface area (Å²) in [4.78, 5) is 12.6. The molecule has 2 unspecified atom stereocenters. The van der Waals surface area contributed by atoms with Gasteiger partial charge in [0.2, 0.25) is 5.91 Å². The second kappa shape index (κ2) is 8.10. The first-order valence-electron chi connectivity index (χ1n) is 8.87. The SMILES string of the molecule is COCC1(NC(=O)C2CC(CCc3ccccc3)CCN2)COC1. The van der Waals surface area contributed by atoms with Crippen LogP contribution in [0.4, 0.5) is 0 Å². The Balaban J connectivity index is 1.48. The van der Waals surface area contributed by atoms with E-state index < -0.39 is 0 Å². The molecule has 5 nitrogen and oxygen atoms in total. The summed E-state index contributed by atoms with van der Waals surface area (Å²) in [6.45, 7) is 2.49. The molecule has 2 heterocycles. The van der Waals surface area contributed by atoms with Gasteiger partial charge in [0.05, 0.1) is 25.9 Å². The lowest BCUT2D eigenvalue weighted by Gasteiger charge is -2.42. The van der Waals surface area contributed by atoms with E-state index in [1.807, 2.05) is 0 Å². The number of rotatable bonds is 7. The normalized spacial score (nSPS) is 25.7. The number of hydrogen-bond donors (Lipinski definition) is 2. The second-order valence-electron chi connectivity index (χ2n) is 7.12. The Morgan fingerprint density at radius 2 is 2.17 bits per heavy atom. The Morgan fingerprint density at radius 1 is 1.38 bits per heavy atom. The lowest BCUT2D eigenvalue weighted by Crippen LogP contribution is -2.67. The number of nitrogens with one attached hydrogen (secondary N) is 2. The molecule has 1 amide bonds. The highest BCUT2D eigenvalue weighted by atomic mass is 16.5. The first-order chi connectivity index (χ1) is 11.7. The maximum Gasteiger partial charge on any atom is 0.237 e. The van der Waals surface area contributed by atoms with Crippen molar-refractivity contribution in [2.75, 3.05) is 33.5 Å². The molecule has 2 atom stereocenters. The van der Waals surface area contributed by atoms with Gasteiger partial charge in [-0.05, 0) is 43.7 Å². The molecule has 1 aromatic rings. The molecule has 2 N–H and O–H groups in total. The number of methoxy groups -OCH3 is 1. The van der Waals surface area contributed by atoms with Crippen molar-refractivity contribution in [1.82, 2.24) is 10.6 Å². The van der Waals surface area contributed by atoms with Crippen LogP contribution in [0.2, 0.25) is 0 Å². The Hall–Kier alpha value is -1.43. The van der Waals surface area contributed by atoms with E-state index in [9.17, 15) is 4.79 Å². The van der Waals surface area contributed by atoms with Gasteiger partial charge in [-0.1, -0.05) is 30.3 Å². The molecule has 2 saturated heterocycles. The van der Waals surface area contributed by atoms with E-state index in [4.69, 9.17) is 9.47 Å². The van der Waals surface area contributed by atoms with Crippen molar-refractivity contribution in [1.29, 1.82) is 0 Å². The fraction of sp³-hybridized carbons (Fsp3) is 0.632. The maximum absolute atomic E-state index is 12.6. The highest BCUT2D eigenvalue weighted by molar-refractivity contribution is 5.82. The third-order valence-electron chi connectivity index (χ3n) is 5.08. The zero-order valence-electron chi connectivity index (χ0n) is 14.4. The van der Waals surface area contributed by atoms with E-state index in [2.05, 4.69) is 41.0 Å². The molecule has 0 radical (unpaired) electrons. The maximum atomic E-state index is 12.6. The zero-order valence-corrected chi connectivity index (χ0v) is 14.4. The van der Waals surface area contributed by atoms with Crippen molar-refractivity contribution in [3.05, 3.63) is 35.9 Å². The molecule has 132 valence electrons. The van der Waals surface area contributed by atoms with Gasteiger partial charge in [0.1, 0.15) is 5.54 Å². The van der Waals surface area contributed by atoms with Gasteiger partial charge in [-0.15, -0.1) is 0 Å². The minimum absolute atomic E-state index is 0.0831. The highest BCUT2D eigenvalue weighted by Gasteiger charge is 2.41. The number of carbonyl (C=O) groups excluding carboxylic acids is 1. The van der Waals surface area contributed by atoms with Gasteiger partial charge in [-0.2, -0.15) is 0 Å². The van der Waals surface area contributed by atoms with E-state index in [1.165, 1.54) is 5.56 Å². The highest BCUT2D eigenvalue weighted by Crippen LogP contribution is 2.23. The lowest BCUT2D eigenvalue weighted by molar-refractivity contribution is -0.141. The number of hydrogen-bond acceptors (Lipinski definition) is 4. The molecular formula is C19H28N2O3. The molecule has 2 fully saturated rings. The average molecular weight is 332 g/mol. The van der Waals surface area contributed by atoms with Gasteiger partial charge >= 0.3 is 0 Å². The molecule has 24 heavy (non-hydrogen) atoms. The molecule has 1 aromatic carbocycles. The number of ether oxygens (including phenoxy) is 2. The molecule has 5 heteroatoms. The van der Waals surface area contributed by atoms with E-state index >= 15 is 0 Å². The summed E-state index contributed by atoms with van der Waals surface area (Å²) in [5.41, 5.74) is 1.05. The summed E-state index contributed by atoms with van der Waals surface area (Å²) >= 11 is 0. The molecule has 2 aliphatic rings. The molecule has 0 saturated carbocycles. The molecule has 2 aliphatic heterocycles. The summed E-state index contributed by atoms with van der Waals surface area (Å²) in [6.07, 6.45) is 4.27. The van der Waals surface area contributed by atoms with Gasteiger partial charge in [-0.3, -0.25) is 4.79 Å². The van der Waals surface area contributed by atoms with Crippen molar-refractivity contribution in [2.24, 2.45) is 5.92 Å². The fourth-order valence-electron chi connectivity index (χ4n) is 3.64. The van der Waals surface area contributed by atoms with E-state index in [-0.39, 0.29) is 17.5 Å². The van der Waals surface area contributed by atoms with Crippen molar-refractivity contribution in [3.63, 3.8) is 0 Å². The van der Waals surface area contributed by atoms with Gasteiger partial charge < -0.3 is 20.1 Å². The summed E-state index contributed by atoms with van der Waals surface area (Å²) in [5.74, 6) is 0.679. The van der Waals surface area contributed by atoms with Gasteiger partial charge in [-0.25, -0.2) is 0 Å². The molecular weight excluding hydrogens is 304 g/mol. The van der Waals surface area contributed by atoms with Gasteiger partial charge in [0, 0.05) is 7.11 Å². The third kappa shape index (κ3) is 4.35. The van der Waals surface area contributed by atoms with Crippen LogP contribution in [-0.2, 0) is 20.7 Å². The van der Waals surface area contributed by atoms with Gasteiger partial charge in [0.15, 0.2) is 0 Å². The summed E-state index contributed by atoms with van der Waals surface area (Å²) in [7, 11) is 1.66. The predicted octanol–water partition coefficient (Wildman–Crippen LogP) is 1.52. The van der Waals surface area contributed by atoms with Crippen molar-refractivity contribution in [2.45, 2.75) is 37.3 Å². The molecule has 0 aliphatic carbocycles. The lowest BCUT2D eigenvalue weighted by atomic mass is 9.86. The largest absolute Gasteiger partial charge is 0.382 e. The monoisotopic (exact) mass is 332 g/mol. The Labute approximate surface area is 144 Å². The Morgan fingerprint density at radius 3 is 2.83 bits per heavy atom. The van der Waals surface area contributed by atoms with Crippen molar-refractivity contribution >= 4 is 5.91 Å². The van der Waals surface area contributed by atoms with Crippen molar-refractivity contribution < 1.29 is 14.3 Å². The minimum atomic E-state index is -0.329. The van der Waals surface area contributed by atoms with Crippen LogP contribution in [0.15, 0.2) is 30.3 Å². The summed E-state index contributed by atoms with van der Waals surface area (Å²) in [5, 5.41) is 6.51. The summed E-state index contributed by atoms with van der Waals surface area (Å²) < 4.78 is 10.5. The topological polar surface area (TPSA) is 59.6 Å². The fourth-order valence-corrected chi connectivity index (χ4v) is 3.64. The minimum Gasteiger partial charge on any atom is -0.382 e. The molecule has 0 aromatic heterocycles. The van der Waals surface area contributed by atoms with Crippen LogP contribution in [0.5, 0.6) is 0 Å². The van der Waals surface area contributed by atoms with Crippen LogP contribution in [0.25, 0.3) is 0 Å². The summed E-state index contributed by atoms with van der Waals surface area (Å²) in [6, 6.07) is 10.5. The average Bonchev–Trinajstić information content (AvgIpc) is 2.59. The van der Waals surface area contributed by atoms with Gasteiger partial charge in [0.25, 0.3) is 0 Å². The Bertz CT molecular complexity index is 531. The number of piperidine rings is 1. The van der Waals surface area contributed by atoms with Crippen LogP contribution in [0.1, 0.15) is 24.8 Å². The Kier molecular flexibility index (Phi) is 5.87.